The van der Waals surface area contributed by atoms with Crippen LogP contribution in [-0.2, 0) is 4.79 Å². The minimum absolute atomic E-state index is 0.450. The van der Waals surface area contributed by atoms with E-state index in [1.54, 1.807) is 38.1 Å². The lowest BCUT2D eigenvalue weighted by atomic mass is 9.99. The van der Waals surface area contributed by atoms with Gasteiger partial charge in [0.1, 0.15) is 6.54 Å². The van der Waals surface area contributed by atoms with Crippen molar-refractivity contribution in [1.29, 1.82) is 0 Å². The van der Waals surface area contributed by atoms with Crippen LogP contribution in [-0.4, -0.2) is 56.6 Å². The van der Waals surface area contributed by atoms with Gasteiger partial charge in [0.15, 0.2) is 6.17 Å². The zero-order chi connectivity index (χ0) is 26.3. The molecule has 4 aromatic carbocycles. The maximum absolute atomic E-state index is 13.7. The fourth-order valence-electron chi connectivity index (χ4n) is 5.02. The Morgan fingerprint density at radius 1 is 0.892 bits per heavy atom. The van der Waals surface area contributed by atoms with Gasteiger partial charge in [-0.05, 0) is 36.8 Å². The van der Waals surface area contributed by atoms with E-state index < -0.39 is 36.3 Å². The molecule has 0 unspecified atom stereocenters. The minimum Gasteiger partial charge on any atom is -0.480 e. The molecule has 188 valence electrons. The van der Waals surface area contributed by atoms with Gasteiger partial charge in [0.2, 0.25) is 0 Å². The van der Waals surface area contributed by atoms with Crippen molar-refractivity contribution >= 4 is 51.0 Å². The third-order valence-corrected chi connectivity index (χ3v) is 6.80. The number of amides is 4. The molecular formula is C28H26N4O5. The molecule has 1 atom stereocenters. The molecule has 4 amide bonds. The molecular weight excluding hydrogens is 472 g/mol. The summed E-state index contributed by atoms with van der Waals surface area (Å²) in [6, 6.07) is 24.2. The average molecular weight is 499 g/mol. The Hall–Kier alpha value is -4.63. The summed E-state index contributed by atoms with van der Waals surface area (Å²) in [5.74, 6) is -1.20. The summed E-state index contributed by atoms with van der Waals surface area (Å²) in [6.45, 7) is 2.65. The molecule has 0 bridgehead atoms. The molecule has 1 fully saturated rings. The molecule has 37 heavy (non-hydrogen) atoms. The van der Waals surface area contributed by atoms with Gasteiger partial charge < -0.3 is 15.3 Å². The molecule has 0 saturated carbocycles. The van der Waals surface area contributed by atoms with Gasteiger partial charge in [-0.15, -0.1) is 0 Å². The van der Waals surface area contributed by atoms with Gasteiger partial charge in [0, 0.05) is 10.8 Å². The Morgan fingerprint density at radius 2 is 1.46 bits per heavy atom. The van der Waals surface area contributed by atoms with Crippen LogP contribution < -0.4 is 10.2 Å². The maximum atomic E-state index is 13.7. The lowest BCUT2D eigenvalue weighted by Gasteiger charge is -2.38. The van der Waals surface area contributed by atoms with Gasteiger partial charge in [-0.1, -0.05) is 72.8 Å². The Kier molecular flexibility index (Phi) is 5.93. The van der Waals surface area contributed by atoms with Crippen molar-refractivity contribution in [1.82, 2.24) is 9.96 Å². The predicted molar refractivity (Wildman–Crippen MR) is 141 cm³/mol. The van der Waals surface area contributed by atoms with Crippen LogP contribution in [0.1, 0.15) is 13.8 Å². The van der Waals surface area contributed by atoms with E-state index in [2.05, 4.69) is 5.32 Å². The summed E-state index contributed by atoms with van der Waals surface area (Å²) in [7, 11) is 0. The molecule has 0 spiro atoms. The van der Waals surface area contributed by atoms with Crippen LogP contribution in [0.3, 0.4) is 0 Å². The summed E-state index contributed by atoms with van der Waals surface area (Å²) < 4.78 is 0. The van der Waals surface area contributed by atoms with Crippen LogP contribution in [0.25, 0.3) is 21.5 Å². The summed E-state index contributed by atoms with van der Waals surface area (Å²) >= 11 is 0. The molecule has 1 aliphatic heterocycles. The molecule has 0 aliphatic carbocycles. The maximum Gasteiger partial charge on any atom is 0.347 e. The van der Waals surface area contributed by atoms with Crippen molar-refractivity contribution in [3.63, 3.8) is 0 Å². The smallest absolute Gasteiger partial charge is 0.347 e. The lowest BCUT2D eigenvalue weighted by molar-refractivity contribution is -0.140. The van der Waals surface area contributed by atoms with E-state index in [0.717, 1.165) is 26.4 Å². The van der Waals surface area contributed by atoms with Crippen molar-refractivity contribution in [2.75, 3.05) is 16.8 Å². The first-order valence-corrected chi connectivity index (χ1v) is 11.8. The van der Waals surface area contributed by atoms with E-state index >= 15 is 0 Å². The molecule has 5 rings (SSSR count). The highest BCUT2D eigenvalue weighted by Crippen LogP contribution is 2.40. The normalized spacial score (nSPS) is 16.8. The number of rotatable bonds is 5. The summed E-state index contributed by atoms with van der Waals surface area (Å²) in [5, 5.41) is 27.3. The summed E-state index contributed by atoms with van der Waals surface area (Å²) in [5.41, 5.74) is -0.327. The number of carboxylic acids is 1. The van der Waals surface area contributed by atoms with Gasteiger partial charge in [-0.3, -0.25) is 14.9 Å². The zero-order valence-electron chi connectivity index (χ0n) is 20.3. The Balaban J connectivity index is 1.58. The molecule has 9 heteroatoms. The first-order chi connectivity index (χ1) is 17.7. The van der Waals surface area contributed by atoms with E-state index in [4.69, 9.17) is 0 Å². The quantitative estimate of drug-likeness (QED) is 0.254. The van der Waals surface area contributed by atoms with Crippen LogP contribution in [0, 0.1) is 0 Å². The van der Waals surface area contributed by atoms with E-state index in [1.807, 2.05) is 60.7 Å². The van der Waals surface area contributed by atoms with Gasteiger partial charge in [0.25, 0.3) is 0 Å². The monoisotopic (exact) mass is 498 g/mol. The summed E-state index contributed by atoms with van der Waals surface area (Å²) in [6.07, 6.45) is -1.24. The van der Waals surface area contributed by atoms with Crippen molar-refractivity contribution in [2.45, 2.75) is 25.6 Å². The van der Waals surface area contributed by atoms with Crippen molar-refractivity contribution < 1.29 is 24.7 Å². The zero-order valence-corrected chi connectivity index (χ0v) is 20.3. The number of benzene rings is 4. The lowest BCUT2D eigenvalue weighted by Crippen LogP contribution is -2.58. The van der Waals surface area contributed by atoms with Gasteiger partial charge in [0.05, 0.1) is 16.9 Å². The van der Waals surface area contributed by atoms with E-state index in [9.17, 15) is 24.7 Å². The molecule has 3 N–H and O–H groups in total. The number of anilines is 2. The number of carbonyl (C=O) groups excluding carboxylic acids is 2. The second-order valence-corrected chi connectivity index (χ2v) is 9.46. The van der Waals surface area contributed by atoms with Crippen LogP contribution >= 0.6 is 0 Å². The fourth-order valence-corrected chi connectivity index (χ4v) is 5.02. The molecule has 1 heterocycles. The third kappa shape index (κ3) is 4.09. The minimum atomic E-state index is -1.27. The van der Waals surface area contributed by atoms with Gasteiger partial charge in [-0.25, -0.2) is 9.59 Å². The standard InChI is InChI=1S/C28H26N4O5/c1-28(2)25(32(37)26(35)29-22-15-7-11-18-9-3-5-13-20(18)22)31(27(36)30(28)17-24(33)34)23-16-8-12-19-10-4-6-14-21(19)23/h3-16,25,37H,17H2,1-2H3,(H,29,35)(H,33,34)/t25-/m1/s1. The number of carbonyl (C=O) groups is 3. The number of carboxylic acid groups (broad SMARTS) is 1. The van der Waals surface area contributed by atoms with Crippen molar-refractivity contribution in [2.24, 2.45) is 0 Å². The molecule has 0 aromatic heterocycles. The number of urea groups is 2. The predicted octanol–water partition coefficient (Wildman–Crippen LogP) is 5.35. The molecule has 9 nitrogen and oxygen atoms in total. The van der Waals surface area contributed by atoms with E-state index in [-0.39, 0.29) is 0 Å². The molecule has 4 aromatic rings. The van der Waals surface area contributed by atoms with Crippen LogP contribution in [0.4, 0.5) is 21.0 Å². The van der Waals surface area contributed by atoms with Gasteiger partial charge >= 0.3 is 18.0 Å². The number of nitrogens with zero attached hydrogens (tertiary/aromatic N) is 3. The third-order valence-electron chi connectivity index (χ3n) is 6.80. The highest BCUT2D eigenvalue weighted by atomic mass is 16.5. The first kappa shape index (κ1) is 24.1. The number of nitrogens with one attached hydrogen (secondary N) is 1. The first-order valence-electron chi connectivity index (χ1n) is 11.8. The Morgan fingerprint density at radius 3 is 2.14 bits per heavy atom. The summed E-state index contributed by atoms with van der Waals surface area (Å²) in [4.78, 5) is 41.2. The number of hydrogen-bond acceptors (Lipinski definition) is 4. The number of hydroxylamine groups is 2. The second-order valence-electron chi connectivity index (χ2n) is 9.46. The fraction of sp³-hybridized carbons (Fsp3) is 0.179. The van der Waals surface area contributed by atoms with Crippen molar-refractivity contribution in [3.8, 4) is 0 Å². The van der Waals surface area contributed by atoms with Crippen LogP contribution in [0.5, 0.6) is 0 Å². The number of fused-ring (bicyclic) bond motifs is 2. The number of hydrogen-bond donors (Lipinski definition) is 3. The SMILES string of the molecule is CC1(C)[C@@H](N(O)C(=O)Nc2cccc3ccccc23)N(c2cccc3ccccc23)C(=O)N1CC(=O)O. The van der Waals surface area contributed by atoms with Crippen LogP contribution in [0.2, 0.25) is 0 Å². The number of aliphatic carboxylic acids is 1. The molecule has 0 radical (unpaired) electrons. The van der Waals surface area contributed by atoms with E-state index in [0.29, 0.717) is 16.4 Å². The van der Waals surface area contributed by atoms with Crippen LogP contribution in [0.15, 0.2) is 84.9 Å². The highest BCUT2D eigenvalue weighted by Gasteiger charge is 2.56. The highest BCUT2D eigenvalue weighted by molar-refractivity contribution is 6.07. The van der Waals surface area contributed by atoms with Crippen molar-refractivity contribution in [3.05, 3.63) is 84.9 Å². The second kappa shape index (κ2) is 9.11. The molecule has 1 saturated heterocycles. The molecule has 1 aliphatic rings. The Bertz CT molecular complexity index is 1530. The van der Waals surface area contributed by atoms with Gasteiger partial charge in [-0.2, -0.15) is 5.06 Å². The average Bonchev–Trinajstić information content (AvgIpc) is 3.08. The van der Waals surface area contributed by atoms with E-state index in [1.165, 1.54) is 4.90 Å². The Labute approximate surface area is 213 Å². The topological polar surface area (TPSA) is 113 Å². The largest absolute Gasteiger partial charge is 0.480 e.